The maximum atomic E-state index is 12.0. The molecule has 0 fully saturated rings. The highest BCUT2D eigenvalue weighted by molar-refractivity contribution is 5.97. The first kappa shape index (κ1) is 12.1. The fourth-order valence-corrected chi connectivity index (χ4v) is 1.49. The predicted octanol–water partition coefficient (Wildman–Crippen LogP) is 1.34. The molecule has 1 aromatic carbocycles. The fraction of sp³-hybridized carbons (Fsp3) is 0.250. The lowest BCUT2D eigenvalue weighted by molar-refractivity contribution is 0.0962. The van der Waals surface area contributed by atoms with Crippen molar-refractivity contribution in [3.8, 4) is 5.75 Å². The second-order valence-electron chi connectivity index (χ2n) is 4.06. The third-order valence-corrected chi connectivity index (χ3v) is 2.27. The van der Waals surface area contributed by atoms with Crippen molar-refractivity contribution in [2.24, 2.45) is 0 Å². The number of nitrogen functional groups attached to an aromatic ring is 1. The molecule has 18 heavy (non-hydrogen) atoms. The normalized spacial score (nSPS) is 10.6. The van der Waals surface area contributed by atoms with Crippen LogP contribution in [0.1, 0.15) is 24.2 Å². The van der Waals surface area contributed by atoms with E-state index >= 15 is 0 Å². The van der Waals surface area contributed by atoms with Crippen LogP contribution in [0.4, 0.5) is 5.95 Å². The second kappa shape index (κ2) is 4.87. The lowest BCUT2D eigenvalue weighted by Crippen LogP contribution is -2.14. The predicted molar refractivity (Wildman–Crippen MR) is 66.4 cm³/mol. The zero-order chi connectivity index (χ0) is 13.1. The van der Waals surface area contributed by atoms with Crippen molar-refractivity contribution in [1.29, 1.82) is 0 Å². The van der Waals surface area contributed by atoms with E-state index in [1.54, 1.807) is 24.3 Å². The molecule has 2 aromatic rings. The van der Waals surface area contributed by atoms with E-state index < -0.39 is 0 Å². The molecule has 1 heterocycles. The molecule has 94 valence electrons. The number of carbonyl (C=O) groups excluding carboxylic acids is 1. The average molecular weight is 246 g/mol. The van der Waals surface area contributed by atoms with Gasteiger partial charge in [0.1, 0.15) is 12.1 Å². The number of hydrogen-bond donors (Lipinski definition) is 1. The molecular formula is C12H14N4O2. The van der Waals surface area contributed by atoms with Gasteiger partial charge in [-0.15, -0.1) is 10.2 Å². The summed E-state index contributed by atoms with van der Waals surface area (Å²) in [6.07, 6.45) is 1.39. The third kappa shape index (κ3) is 2.48. The second-order valence-corrected chi connectivity index (χ2v) is 4.06. The quantitative estimate of drug-likeness (QED) is 0.883. The Morgan fingerprint density at radius 2 is 2.00 bits per heavy atom. The molecule has 6 nitrogen and oxygen atoms in total. The summed E-state index contributed by atoms with van der Waals surface area (Å²) in [5, 5.41) is 7.13. The molecule has 0 amide bonds. The van der Waals surface area contributed by atoms with E-state index in [4.69, 9.17) is 10.5 Å². The molecule has 0 unspecified atom stereocenters. The highest BCUT2D eigenvalue weighted by Crippen LogP contribution is 2.15. The molecule has 6 heteroatoms. The van der Waals surface area contributed by atoms with Crippen LogP contribution < -0.4 is 10.5 Å². The van der Waals surface area contributed by atoms with E-state index in [0.717, 1.165) is 5.75 Å². The maximum absolute atomic E-state index is 12.0. The summed E-state index contributed by atoms with van der Waals surface area (Å²) in [6, 6.07) is 6.85. The van der Waals surface area contributed by atoms with Gasteiger partial charge in [0.2, 0.25) is 5.95 Å². The molecule has 1 aromatic heterocycles. The molecule has 2 rings (SSSR count). The topological polar surface area (TPSA) is 83.0 Å². The third-order valence-electron chi connectivity index (χ3n) is 2.27. The number of anilines is 1. The highest BCUT2D eigenvalue weighted by Gasteiger charge is 2.12. The highest BCUT2D eigenvalue weighted by atomic mass is 16.5. The largest absolute Gasteiger partial charge is 0.491 e. The molecule has 0 spiro atoms. The number of nitrogens with two attached hydrogens (primary N) is 1. The van der Waals surface area contributed by atoms with E-state index in [1.807, 2.05) is 13.8 Å². The van der Waals surface area contributed by atoms with Crippen molar-refractivity contribution in [3.05, 3.63) is 36.2 Å². The summed E-state index contributed by atoms with van der Waals surface area (Å²) >= 11 is 0. The van der Waals surface area contributed by atoms with Crippen molar-refractivity contribution in [3.63, 3.8) is 0 Å². The Balaban J connectivity index is 2.20. The van der Waals surface area contributed by atoms with Gasteiger partial charge in [0.25, 0.3) is 5.91 Å². The summed E-state index contributed by atoms with van der Waals surface area (Å²) in [5.74, 6) is 0.523. The molecule has 0 saturated carbocycles. The van der Waals surface area contributed by atoms with Crippen LogP contribution in [-0.4, -0.2) is 26.8 Å². The van der Waals surface area contributed by atoms with Gasteiger partial charge in [-0.25, -0.2) is 4.57 Å². The Morgan fingerprint density at radius 1 is 1.33 bits per heavy atom. The first-order valence-corrected chi connectivity index (χ1v) is 5.55. The van der Waals surface area contributed by atoms with Crippen molar-refractivity contribution >= 4 is 11.9 Å². The molecule has 0 radical (unpaired) electrons. The van der Waals surface area contributed by atoms with Gasteiger partial charge in [0.15, 0.2) is 0 Å². The van der Waals surface area contributed by atoms with E-state index in [0.29, 0.717) is 5.56 Å². The fourth-order valence-electron chi connectivity index (χ4n) is 1.49. The van der Waals surface area contributed by atoms with E-state index in [1.165, 1.54) is 10.9 Å². The van der Waals surface area contributed by atoms with Crippen molar-refractivity contribution in [2.75, 3.05) is 5.73 Å². The summed E-state index contributed by atoms with van der Waals surface area (Å²) in [4.78, 5) is 12.0. The lowest BCUT2D eigenvalue weighted by Gasteiger charge is -2.09. The van der Waals surface area contributed by atoms with Gasteiger partial charge < -0.3 is 10.5 Å². The van der Waals surface area contributed by atoms with E-state index in [2.05, 4.69) is 10.2 Å². The minimum Gasteiger partial charge on any atom is -0.491 e. The van der Waals surface area contributed by atoms with Gasteiger partial charge in [0, 0.05) is 5.56 Å². The van der Waals surface area contributed by atoms with Crippen LogP contribution in [0.5, 0.6) is 5.75 Å². The van der Waals surface area contributed by atoms with Gasteiger partial charge in [-0.3, -0.25) is 4.79 Å². The van der Waals surface area contributed by atoms with Crippen molar-refractivity contribution in [1.82, 2.24) is 14.8 Å². The van der Waals surface area contributed by atoms with Gasteiger partial charge in [-0.2, -0.15) is 0 Å². The molecule has 0 aliphatic rings. The lowest BCUT2D eigenvalue weighted by atomic mass is 10.2. The van der Waals surface area contributed by atoms with Crippen LogP contribution in [0.25, 0.3) is 0 Å². The SMILES string of the molecule is CC(C)Oc1ccc(C(=O)n2cnnc2N)cc1. The molecular weight excluding hydrogens is 232 g/mol. The van der Waals surface area contributed by atoms with Crippen LogP contribution >= 0.6 is 0 Å². The summed E-state index contributed by atoms with van der Waals surface area (Å²) in [5.41, 5.74) is 6.02. The summed E-state index contributed by atoms with van der Waals surface area (Å²) in [7, 11) is 0. The zero-order valence-electron chi connectivity index (χ0n) is 10.2. The standard InChI is InChI=1S/C12H14N4O2/c1-8(2)18-10-5-3-9(4-6-10)11(17)16-7-14-15-12(16)13/h3-8H,1-2H3,(H2,13,15). The minimum absolute atomic E-state index is 0.0718. The molecule has 0 bridgehead atoms. The van der Waals surface area contributed by atoms with Crippen LogP contribution in [0.15, 0.2) is 30.6 Å². The number of carbonyl (C=O) groups is 1. The monoisotopic (exact) mass is 246 g/mol. The van der Waals surface area contributed by atoms with Crippen molar-refractivity contribution in [2.45, 2.75) is 20.0 Å². The van der Waals surface area contributed by atoms with Crippen LogP contribution in [0.3, 0.4) is 0 Å². The first-order chi connectivity index (χ1) is 8.58. The van der Waals surface area contributed by atoms with E-state index in [-0.39, 0.29) is 18.0 Å². The Bertz CT molecular complexity index is 545. The van der Waals surface area contributed by atoms with Gasteiger partial charge in [0.05, 0.1) is 6.10 Å². The maximum Gasteiger partial charge on any atom is 0.266 e. The number of ether oxygens (including phenoxy) is 1. The van der Waals surface area contributed by atoms with Gasteiger partial charge in [-0.05, 0) is 38.1 Å². The molecule has 2 N–H and O–H groups in total. The molecule has 0 saturated heterocycles. The van der Waals surface area contributed by atoms with Crippen molar-refractivity contribution < 1.29 is 9.53 Å². The molecule has 0 aliphatic carbocycles. The number of hydrogen-bond acceptors (Lipinski definition) is 5. The minimum atomic E-state index is -0.270. The Labute approximate surface area is 104 Å². The van der Waals surface area contributed by atoms with E-state index in [9.17, 15) is 4.79 Å². The van der Waals surface area contributed by atoms with Crippen LogP contribution in [0.2, 0.25) is 0 Å². The molecule has 0 aliphatic heterocycles. The Morgan fingerprint density at radius 3 is 2.50 bits per heavy atom. The smallest absolute Gasteiger partial charge is 0.266 e. The average Bonchev–Trinajstić information content (AvgIpc) is 2.75. The summed E-state index contributed by atoms with van der Waals surface area (Å²) in [6.45, 7) is 3.88. The Kier molecular flexibility index (Phi) is 3.27. The van der Waals surface area contributed by atoms with Gasteiger partial charge in [-0.1, -0.05) is 0 Å². The van der Waals surface area contributed by atoms with Crippen LogP contribution in [0, 0.1) is 0 Å². The van der Waals surface area contributed by atoms with Crippen LogP contribution in [-0.2, 0) is 0 Å². The number of nitrogens with zero attached hydrogens (tertiary/aromatic N) is 3. The number of benzene rings is 1. The summed E-state index contributed by atoms with van der Waals surface area (Å²) < 4.78 is 6.69. The number of aromatic nitrogens is 3. The van der Waals surface area contributed by atoms with Gasteiger partial charge >= 0.3 is 0 Å². The molecule has 0 atom stereocenters. The number of rotatable bonds is 3. The zero-order valence-corrected chi connectivity index (χ0v) is 10.2. The first-order valence-electron chi connectivity index (χ1n) is 5.55. The Hall–Kier alpha value is -2.37.